The summed E-state index contributed by atoms with van der Waals surface area (Å²) in [6.45, 7) is 1.93. The first kappa shape index (κ1) is 14.2. The summed E-state index contributed by atoms with van der Waals surface area (Å²) in [4.78, 5) is 16.2. The van der Waals surface area contributed by atoms with Crippen LogP contribution in [0.1, 0.15) is 29.4 Å². The van der Waals surface area contributed by atoms with E-state index >= 15 is 0 Å². The molecule has 0 spiro atoms. The third-order valence-corrected chi connectivity index (χ3v) is 3.86. The highest BCUT2D eigenvalue weighted by molar-refractivity contribution is 9.10. The van der Waals surface area contributed by atoms with Gasteiger partial charge in [0.1, 0.15) is 5.82 Å². The minimum absolute atomic E-state index is 0.301. The molecule has 2 aromatic heterocycles. The number of carbonyl (C=O) groups excluding carboxylic acids is 1. The Morgan fingerprint density at radius 2 is 2.19 bits per heavy atom. The van der Waals surface area contributed by atoms with Gasteiger partial charge in [0.2, 0.25) is 0 Å². The number of piperidine rings is 1. The molecular formula is C13H15BrN6O. The summed E-state index contributed by atoms with van der Waals surface area (Å²) in [7, 11) is 0. The number of pyridine rings is 1. The average molecular weight is 351 g/mol. The minimum Gasteiger partial charge on any atom is -0.317 e. The van der Waals surface area contributed by atoms with E-state index in [2.05, 4.69) is 41.9 Å². The number of aromatic nitrogens is 4. The zero-order valence-corrected chi connectivity index (χ0v) is 12.9. The van der Waals surface area contributed by atoms with E-state index in [0.717, 1.165) is 30.4 Å². The van der Waals surface area contributed by atoms with Crippen molar-refractivity contribution in [2.75, 3.05) is 18.4 Å². The lowest BCUT2D eigenvalue weighted by atomic mass is 10.1. The topological polar surface area (TPSA) is 84.7 Å². The quantitative estimate of drug-likeness (QED) is 0.878. The smallest absolute Gasteiger partial charge is 0.278 e. The van der Waals surface area contributed by atoms with E-state index in [1.165, 1.54) is 0 Å². The zero-order chi connectivity index (χ0) is 14.7. The molecule has 1 amide bonds. The summed E-state index contributed by atoms with van der Waals surface area (Å²) < 4.78 is 2.64. The molecular weight excluding hydrogens is 336 g/mol. The minimum atomic E-state index is -0.301. The second-order valence-electron chi connectivity index (χ2n) is 4.88. The largest absolute Gasteiger partial charge is 0.317 e. The molecule has 3 rings (SSSR count). The molecule has 7 nitrogen and oxygen atoms in total. The number of halogens is 1. The second-order valence-corrected chi connectivity index (χ2v) is 5.80. The van der Waals surface area contributed by atoms with E-state index in [0.29, 0.717) is 17.6 Å². The molecule has 0 atom stereocenters. The molecule has 1 fully saturated rings. The summed E-state index contributed by atoms with van der Waals surface area (Å²) in [6.07, 6.45) is 5.32. The molecule has 0 unspecified atom stereocenters. The molecule has 21 heavy (non-hydrogen) atoms. The lowest BCUT2D eigenvalue weighted by Gasteiger charge is -2.22. The van der Waals surface area contributed by atoms with Gasteiger partial charge in [-0.15, -0.1) is 5.10 Å². The molecule has 3 heterocycles. The summed E-state index contributed by atoms with van der Waals surface area (Å²) in [5, 5.41) is 14.0. The molecule has 8 heteroatoms. The van der Waals surface area contributed by atoms with Gasteiger partial charge in [0.15, 0.2) is 5.69 Å². The SMILES string of the molecule is O=C(Nc1ccc(Br)cn1)c1cn(C2CCNCC2)nn1. The van der Waals surface area contributed by atoms with Gasteiger partial charge in [0.05, 0.1) is 12.2 Å². The van der Waals surface area contributed by atoms with Gasteiger partial charge < -0.3 is 10.6 Å². The average Bonchev–Trinajstić information content (AvgIpc) is 3.00. The fraction of sp³-hybridized carbons (Fsp3) is 0.385. The molecule has 0 aliphatic carbocycles. The Kier molecular flexibility index (Phi) is 4.26. The Morgan fingerprint density at radius 1 is 1.38 bits per heavy atom. The van der Waals surface area contributed by atoms with Gasteiger partial charge in [-0.25, -0.2) is 9.67 Å². The molecule has 0 bridgehead atoms. The van der Waals surface area contributed by atoms with Crippen molar-refractivity contribution in [3.05, 3.63) is 34.7 Å². The van der Waals surface area contributed by atoms with Gasteiger partial charge >= 0.3 is 0 Å². The summed E-state index contributed by atoms with van der Waals surface area (Å²) in [5.41, 5.74) is 0.304. The highest BCUT2D eigenvalue weighted by Gasteiger charge is 2.18. The van der Waals surface area contributed by atoms with Crippen molar-refractivity contribution in [1.82, 2.24) is 25.3 Å². The van der Waals surface area contributed by atoms with E-state index in [9.17, 15) is 4.79 Å². The van der Waals surface area contributed by atoms with Crippen molar-refractivity contribution in [2.45, 2.75) is 18.9 Å². The lowest BCUT2D eigenvalue weighted by Crippen LogP contribution is -2.29. The van der Waals surface area contributed by atoms with Crippen LogP contribution in [0.5, 0.6) is 0 Å². The van der Waals surface area contributed by atoms with Gasteiger partial charge in [-0.1, -0.05) is 5.21 Å². The first-order valence-corrected chi connectivity index (χ1v) is 7.57. The van der Waals surface area contributed by atoms with Crippen molar-refractivity contribution < 1.29 is 4.79 Å². The van der Waals surface area contributed by atoms with Gasteiger partial charge in [0, 0.05) is 10.7 Å². The number of nitrogens with one attached hydrogen (secondary N) is 2. The Hall–Kier alpha value is -1.80. The zero-order valence-electron chi connectivity index (χ0n) is 11.3. The van der Waals surface area contributed by atoms with Crippen LogP contribution in [-0.4, -0.2) is 39.0 Å². The number of anilines is 1. The van der Waals surface area contributed by atoms with Gasteiger partial charge in [0.25, 0.3) is 5.91 Å². The summed E-state index contributed by atoms with van der Waals surface area (Å²) in [6, 6.07) is 3.85. The first-order valence-electron chi connectivity index (χ1n) is 6.78. The number of nitrogens with zero attached hydrogens (tertiary/aromatic N) is 4. The number of hydrogen-bond acceptors (Lipinski definition) is 5. The van der Waals surface area contributed by atoms with E-state index in [1.54, 1.807) is 23.1 Å². The molecule has 0 aromatic carbocycles. The first-order chi connectivity index (χ1) is 10.2. The normalized spacial score (nSPS) is 15.9. The van der Waals surface area contributed by atoms with Crippen LogP contribution in [0.3, 0.4) is 0 Å². The lowest BCUT2D eigenvalue weighted by molar-refractivity contribution is 0.102. The highest BCUT2D eigenvalue weighted by Crippen LogP contribution is 2.17. The van der Waals surface area contributed by atoms with E-state index in [1.807, 2.05) is 6.07 Å². The fourth-order valence-electron chi connectivity index (χ4n) is 2.26. The van der Waals surface area contributed by atoms with E-state index in [4.69, 9.17) is 0 Å². The molecule has 0 radical (unpaired) electrons. The predicted octanol–water partition coefficient (Wildman–Crippen LogP) is 1.61. The highest BCUT2D eigenvalue weighted by atomic mass is 79.9. The molecule has 1 aliphatic rings. The van der Waals surface area contributed by atoms with Crippen molar-refractivity contribution in [1.29, 1.82) is 0 Å². The monoisotopic (exact) mass is 350 g/mol. The second kappa shape index (κ2) is 6.31. The third-order valence-electron chi connectivity index (χ3n) is 3.39. The third kappa shape index (κ3) is 3.45. The van der Waals surface area contributed by atoms with Gasteiger partial charge in [-0.3, -0.25) is 4.79 Å². The molecule has 0 saturated carbocycles. The fourth-order valence-corrected chi connectivity index (χ4v) is 2.50. The molecule has 1 aliphatic heterocycles. The van der Waals surface area contributed by atoms with Crippen LogP contribution >= 0.6 is 15.9 Å². The number of amides is 1. The van der Waals surface area contributed by atoms with Crippen molar-refractivity contribution in [3.8, 4) is 0 Å². The molecule has 110 valence electrons. The van der Waals surface area contributed by atoms with Crippen molar-refractivity contribution in [2.24, 2.45) is 0 Å². The Labute approximate surface area is 130 Å². The van der Waals surface area contributed by atoms with Crippen LogP contribution in [0.4, 0.5) is 5.82 Å². The number of rotatable bonds is 3. The van der Waals surface area contributed by atoms with Crippen molar-refractivity contribution in [3.63, 3.8) is 0 Å². The van der Waals surface area contributed by atoms with Crippen LogP contribution in [-0.2, 0) is 0 Å². The van der Waals surface area contributed by atoms with Crippen LogP contribution in [0.2, 0.25) is 0 Å². The van der Waals surface area contributed by atoms with Gasteiger partial charge in [-0.2, -0.15) is 0 Å². The Morgan fingerprint density at radius 3 is 2.90 bits per heavy atom. The maximum Gasteiger partial charge on any atom is 0.278 e. The van der Waals surface area contributed by atoms with Gasteiger partial charge in [-0.05, 0) is 54.0 Å². The van der Waals surface area contributed by atoms with Crippen LogP contribution in [0.25, 0.3) is 0 Å². The maximum absolute atomic E-state index is 12.1. The van der Waals surface area contributed by atoms with E-state index < -0.39 is 0 Å². The standard InChI is InChI=1S/C13H15BrN6O/c14-9-1-2-12(16-7-9)17-13(21)11-8-20(19-18-11)10-3-5-15-6-4-10/h1-2,7-8,10,15H,3-6H2,(H,16,17,21). The van der Waals surface area contributed by atoms with Crippen LogP contribution < -0.4 is 10.6 Å². The van der Waals surface area contributed by atoms with E-state index in [-0.39, 0.29) is 5.91 Å². The Bertz CT molecular complexity index is 620. The number of hydrogen-bond donors (Lipinski definition) is 2. The summed E-state index contributed by atoms with van der Waals surface area (Å²) in [5.74, 6) is 0.185. The number of carbonyl (C=O) groups is 1. The molecule has 1 saturated heterocycles. The molecule has 2 aromatic rings. The van der Waals surface area contributed by atoms with Crippen LogP contribution in [0, 0.1) is 0 Å². The Balaban J connectivity index is 1.67. The summed E-state index contributed by atoms with van der Waals surface area (Å²) >= 11 is 3.30. The van der Waals surface area contributed by atoms with Crippen LogP contribution in [0.15, 0.2) is 29.0 Å². The van der Waals surface area contributed by atoms with Crippen molar-refractivity contribution >= 4 is 27.7 Å². The maximum atomic E-state index is 12.1. The predicted molar refractivity (Wildman–Crippen MR) is 81.1 cm³/mol. The molecule has 2 N–H and O–H groups in total.